The maximum Gasteiger partial charge on any atom is 0.159 e. The Bertz CT molecular complexity index is 378. The van der Waals surface area contributed by atoms with E-state index in [0.29, 0.717) is 6.10 Å². The summed E-state index contributed by atoms with van der Waals surface area (Å²) in [6, 6.07) is 4.17. The first-order valence-electron chi connectivity index (χ1n) is 5.72. The van der Waals surface area contributed by atoms with Gasteiger partial charge in [-0.15, -0.1) is 0 Å². The van der Waals surface area contributed by atoms with Crippen LogP contribution in [-0.4, -0.2) is 12.2 Å². The Morgan fingerprint density at radius 1 is 1.31 bits per heavy atom. The number of rotatable bonds is 4. The lowest BCUT2D eigenvalue weighted by Gasteiger charge is -2.14. The lowest BCUT2D eigenvalue weighted by Crippen LogP contribution is -2.04. The normalized spacial score (nSPS) is 25.5. The van der Waals surface area contributed by atoms with Crippen molar-refractivity contribution in [3.05, 3.63) is 35.4 Å². The van der Waals surface area contributed by atoms with Crippen LogP contribution < -0.4 is 0 Å². The molecule has 1 heterocycles. The maximum atomic E-state index is 13.1. The number of epoxide rings is 1. The van der Waals surface area contributed by atoms with Crippen LogP contribution in [-0.2, 0) is 4.74 Å². The molecule has 0 bridgehead atoms. The van der Waals surface area contributed by atoms with Crippen LogP contribution in [0.2, 0.25) is 0 Å². The molecule has 0 aliphatic carbocycles. The van der Waals surface area contributed by atoms with Gasteiger partial charge in [0, 0.05) is 0 Å². The fraction of sp³-hybridized carbons (Fsp3) is 0.538. The second-order valence-corrected chi connectivity index (χ2v) is 4.39. The van der Waals surface area contributed by atoms with E-state index in [1.807, 2.05) is 6.92 Å². The van der Waals surface area contributed by atoms with E-state index in [0.717, 1.165) is 18.4 Å². The van der Waals surface area contributed by atoms with Crippen molar-refractivity contribution in [1.29, 1.82) is 0 Å². The van der Waals surface area contributed by atoms with Crippen molar-refractivity contribution in [3.8, 4) is 0 Å². The van der Waals surface area contributed by atoms with Crippen molar-refractivity contribution < 1.29 is 13.5 Å². The van der Waals surface area contributed by atoms with Crippen LogP contribution in [0.25, 0.3) is 0 Å². The summed E-state index contributed by atoms with van der Waals surface area (Å²) in [6.07, 6.45) is 2.41. The zero-order valence-electron chi connectivity index (χ0n) is 9.54. The Kier molecular flexibility index (Phi) is 3.24. The van der Waals surface area contributed by atoms with E-state index < -0.39 is 11.6 Å². The molecule has 1 aliphatic rings. The van der Waals surface area contributed by atoms with Gasteiger partial charge >= 0.3 is 0 Å². The van der Waals surface area contributed by atoms with E-state index in [1.165, 1.54) is 12.1 Å². The Hall–Kier alpha value is -0.960. The predicted octanol–water partition coefficient (Wildman–Crippen LogP) is 3.64. The van der Waals surface area contributed by atoms with Gasteiger partial charge in [-0.3, -0.25) is 0 Å². The van der Waals surface area contributed by atoms with E-state index in [-0.39, 0.29) is 12.0 Å². The zero-order chi connectivity index (χ0) is 11.7. The smallest absolute Gasteiger partial charge is 0.159 e. The summed E-state index contributed by atoms with van der Waals surface area (Å²) < 4.78 is 31.3. The van der Waals surface area contributed by atoms with Crippen LogP contribution in [0, 0.1) is 11.6 Å². The molecular formula is C13H16F2O. The number of benzene rings is 1. The van der Waals surface area contributed by atoms with Gasteiger partial charge in [0.05, 0.1) is 12.2 Å². The van der Waals surface area contributed by atoms with Crippen LogP contribution in [0.4, 0.5) is 8.78 Å². The molecule has 1 saturated heterocycles. The Morgan fingerprint density at radius 3 is 2.50 bits per heavy atom. The van der Waals surface area contributed by atoms with Gasteiger partial charge in [-0.05, 0) is 43.4 Å². The van der Waals surface area contributed by atoms with Gasteiger partial charge in [-0.1, -0.05) is 13.0 Å². The van der Waals surface area contributed by atoms with E-state index in [2.05, 4.69) is 6.92 Å². The van der Waals surface area contributed by atoms with Crippen LogP contribution >= 0.6 is 0 Å². The Morgan fingerprint density at radius 2 is 2.00 bits per heavy atom. The lowest BCUT2D eigenvalue weighted by atomic mass is 9.91. The van der Waals surface area contributed by atoms with Crippen LogP contribution in [0.5, 0.6) is 0 Å². The van der Waals surface area contributed by atoms with Crippen molar-refractivity contribution in [2.45, 2.75) is 44.8 Å². The van der Waals surface area contributed by atoms with E-state index in [4.69, 9.17) is 4.74 Å². The molecule has 0 aromatic heterocycles. The van der Waals surface area contributed by atoms with Crippen molar-refractivity contribution >= 4 is 0 Å². The van der Waals surface area contributed by atoms with Crippen LogP contribution in [0.15, 0.2) is 18.2 Å². The van der Waals surface area contributed by atoms with Gasteiger partial charge in [0.1, 0.15) is 0 Å². The average Bonchev–Trinajstić information content (AvgIpc) is 2.95. The van der Waals surface area contributed by atoms with Gasteiger partial charge < -0.3 is 4.74 Å². The molecule has 1 nitrogen and oxygen atoms in total. The monoisotopic (exact) mass is 226 g/mol. The van der Waals surface area contributed by atoms with Crippen LogP contribution in [0.3, 0.4) is 0 Å². The molecule has 3 heteroatoms. The lowest BCUT2D eigenvalue weighted by molar-refractivity contribution is 0.357. The maximum absolute atomic E-state index is 13.1. The van der Waals surface area contributed by atoms with Gasteiger partial charge in [-0.2, -0.15) is 0 Å². The molecule has 0 spiro atoms. The molecule has 3 atom stereocenters. The van der Waals surface area contributed by atoms with Crippen molar-refractivity contribution in [1.82, 2.24) is 0 Å². The molecule has 0 radical (unpaired) electrons. The SMILES string of the molecule is CCC(CC1OC1C)c1ccc(F)c(F)c1. The predicted molar refractivity (Wildman–Crippen MR) is 58.3 cm³/mol. The van der Waals surface area contributed by atoms with Gasteiger partial charge in [0.25, 0.3) is 0 Å². The van der Waals surface area contributed by atoms with E-state index in [9.17, 15) is 8.78 Å². The second kappa shape index (κ2) is 4.50. The molecule has 1 aliphatic heterocycles. The van der Waals surface area contributed by atoms with E-state index >= 15 is 0 Å². The molecule has 0 saturated carbocycles. The highest BCUT2D eigenvalue weighted by Gasteiger charge is 2.35. The third-order valence-electron chi connectivity index (χ3n) is 3.26. The molecule has 2 rings (SSSR count). The van der Waals surface area contributed by atoms with Gasteiger partial charge in [0.2, 0.25) is 0 Å². The first-order valence-corrected chi connectivity index (χ1v) is 5.72. The Balaban J connectivity index is 2.10. The third kappa shape index (κ3) is 2.40. The molecular weight excluding hydrogens is 210 g/mol. The summed E-state index contributed by atoms with van der Waals surface area (Å²) in [5, 5.41) is 0. The van der Waals surface area contributed by atoms with Crippen LogP contribution in [0.1, 0.15) is 38.2 Å². The minimum Gasteiger partial charge on any atom is -0.370 e. The Labute approximate surface area is 94.4 Å². The highest BCUT2D eigenvalue weighted by atomic mass is 19.2. The molecule has 16 heavy (non-hydrogen) atoms. The first-order chi connectivity index (χ1) is 7.61. The second-order valence-electron chi connectivity index (χ2n) is 4.39. The summed E-state index contributed by atoms with van der Waals surface area (Å²) >= 11 is 0. The molecule has 1 fully saturated rings. The quantitative estimate of drug-likeness (QED) is 0.714. The molecule has 88 valence electrons. The van der Waals surface area contributed by atoms with E-state index in [1.54, 1.807) is 6.07 Å². The largest absolute Gasteiger partial charge is 0.370 e. The molecule has 3 unspecified atom stereocenters. The number of ether oxygens (including phenoxy) is 1. The summed E-state index contributed by atoms with van der Waals surface area (Å²) in [6.45, 7) is 4.08. The molecule has 0 amide bonds. The molecule has 1 aromatic carbocycles. The fourth-order valence-corrected chi connectivity index (χ4v) is 2.06. The van der Waals surface area contributed by atoms with Crippen molar-refractivity contribution in [3.63, 3.8) is 0 Å². The minimum absolute atomic E-state index is 0.255. The zero-order valence-corrected chi connectivity index (χ0v) is 9.54. The number of hydrogen-bond donors (Lipinski definition) is 0. The topological polar surface area (TPSA) is 12.5 Å². The number of hydrogen-bond acceptors (Lipinski definition) is 1. The summed E-state index contributed by atoms with van der Waals surface area (Å²) in [5.41, 5.74) is 0.865. The fourth-order valence-electron chi connectivity index (χ4n) is 2.06. The number of halogens is 2. The standard InChI is InChI=1S/C13H16F2O/c1-3-9(7-13-8(2)16-13)10-4-5-11(14)12(15)6-10/h4-6,8-9,13H,3,7H2,1-2H3. The average molecular weight is 226 g/mol. The highest BCUT2D eigenvalue weighted by Crippen LogP contribution is 2.34. The van der Waals surface area contributed by atoms with Gasteiger partial charge in [0.15, 0.2) is 11.6 Å². The van der Waals surface area contributed by atoms with Crippen molar-refractivity contribution in [2.24, 2.45) is 0 Å². The summed E-state index contributed by atoms with van der Waals surface area (Å²) in [7, 11) is 0. The third-order valence-corrected chi connectivity index (χ3v) is 3.26. The minimum atomic E-state index is -0.783. The van der Waals surface area contributed by atoms with Gasteiger partial charge in [-0.25, -0.2) is 8.78 Å². The first kappa shape index (κ1) is 11.5. The molecule has 0 N–H and O–H groups in total. The van der Waals surface area contributed by atoms with Crippen molar-refractivity contribution in [2.75, 3.05) is 0 Å². The highest BCUT2D eigenvalue weighted by molar-refractivity contribution is 5.22. The summed E-state index contributed by atoms with van der Waals surface area (Å²) in [4.78, 5) is 0. The summed E-state index contributed by atoms with van der Waals surface area (Å²) in [5.74, 6) is -1.29. The molecule has 1 aromatic rings.